The number of amides is 1. The number of fused-ring (bicyclic) bond motifs is 1. The van der Waals surface area contributed by atoms with Crippen LogP contribution in [0.15, 0.2) is 36.4 Å². The fourth-order valence-electron chi connectivity index (χ4n) is 3.99. The third-order valence-corrected chi connectivity index (χ3v) is 6.22. The van der Waals surface area contributed by atoms with E-state index in [9.17, 15) is 14.9 Å². The third kappa shape index (κ3) is 5.93. The van der Waals surface area contributed by atoms with Gasteiger partial charge in [-0.3, -0.25) is 4.79 Å². The number of carbonyl (C=O) groups excluding carboxylic acids is 2. The lowest BCUT2D eigenvalue weighted by atomic mass is 9.98. The van der Waals surface area contributed by atoms with Gasteiger partial charge in [-0.2, -0.15) is 9.94 Å². The second-order valence-corrected chi connectivity index (χ2v) is 8.71. The molecule has 8 nitrogen and oxygen atoms in total. The summed E-state index contributed by atoms with van der Waals surface area (Å²) in [6.07, 6.45) is 2.76. The molecule has 35 heavy (non-hydrogen) atoms. The Labute approximate surface area is 215 Å². The zero-order valence-corrected chi connectivity index (χ0v) is 20.9. The first kappa shape index (κ1) is 26.5. The molecule has 10 heteroatoms. The van der Waals surface area contributed by atoms with E-state index >= 15 is 0 Å². The van der Waals surface area contributed by atoms with Crippen molar-refractivity contribution < 1.29 is 14.3 Å². The topological polar surface area (TPSA) is 109 Å². The van der Waals surface area contributed by atoms with E-state index in [0.717, 1.165) is 37.8 Å². The smallest absolute Gasteiger partial charge is 0.435 e. The lowest BCUT2D eigenvalue weighted by Gasteiger charge is -2.21. The lowest BCUT2D eigenvalue weighted by Crippen LogP contribution is -2.37. The second-order valence-electron chi connectivity index (χ2n) is 8.30. The number of aromatic nitrogens is 2. The summed E-state index contributed by atoms with van der Waals surface area (Å²) in [7, 11) is 0. The number of carbonyl (C=O) groups is 2. The van der Waals surface area contributed by atoms with Gasteiger partial charge in [0.1, 0.15) is 0 Å². The van der Waals surface area contributed by atoms with E-state index in [1.54, 1.807) is 30.3 Å². The number of hydrogen-bond donors (Lipinski definition) is 2. The Morgan fingerprint density at radius 3 is 2.86 bits per heavy atom. The van der Waals surface area contributed by atoms with Crippen LogP contribution in [-0.2, 0) is 9.53 Å². The van der Waals surface area contributed by atoms with Crippen LogP contribution in [0.4, 0.5) is 10.6 Å². The Kier molecular flexibility index (Phi) is 9.10. The lowest BCUT2D eigenvalue weighted by molar-refractivity contribution is -0.120. The Bertz CT molecular complexity index is 1260. The SMILES string of the molecule is CCCCOC(=O)n1nc(NC(=O)[C@@H]2CCCNC2)c2cc(-c3cc(C#N)ccc3Cl)ccc21.Cl. The molecule has 1 fully saturated rings. The van der Waals surface area contributed by atoms with Gasteiger partial charge in [-0.25, -0.2) is 4.79 Å². The summed E-state index contributed by atoms with van der Waals surface area (Å²) in [5, 5.41) is 20.9. The number of rotatable bonds is 6. The molecule has 0 aliphatic carbocycles. The molecular formula is C25H27Cl2N5O3. The van der Waals surface area contributed by atoms with Crippen molar-refractivity contribution in [3.8, 4) is 17.2 Å². The summed E-state index contributed by atoms with van der Waals surface area (Å²) in [5.74, 6) is -0.0316. The largest absolute Gasteiger partial charge is 0.448 e. The highest BCUT2D eigenvalue weighted by atomic mass is 35.5. The number of piperidine rings is 1. The molecule has 1 amide bonds. The molecule has 1 aromatic heterocycles. The molecule has 1 aliphatic rings. The molecule has 0 spiro atoms. The van der Waals surface area contributed by atoms with Crippen molar-refractivity contribution in [1.29, 1.82) is 5.26 Å². The van der Waals surface area contributed by atoms with Crippen molar-refractivity contribution in [3.05, 3.63) is 47.0 Å². The Morgan fingerprint density at radius 1 is 1.31 bits per heavy atom. The number of benzene rings is 2. The van der Waals surface area contributed by atoms with Gasteiger partial charge in [-0.05, 0) is 61.7 Å². The first-order valence-corrected chi connectivity index (χ1v) is 11.8. The van der Waals surface area contributed by atoms with Crippen LogP contribution >= 0.6 is 24.0 Å². The van der Waals surface area contributed by atoms with Crippen LogP contribution in [0, 0.1) is 17.2 Å². The van der Waals surface area contributed by atoms with Crippen LogP contribution in [-0.4, -0.2) is 41.5 Å². The molecule has 0 saturated carbocycles. The summed E-state index contributed by atoms with van der Waals surface area (Å²) in [6.45, 7) is 3.81. The Balaban J connectivity index is 0.00000342. The zero-order valence-electron chi connectivity index (χ0n) is 19.3. The van der Waals surface area contributed by atoms with Crippen LogP contribution in [0.2, 0.25) is 5.02 Å². The van der Waals surface area contributed by atoms with Gasteiger partial charge in [-0.15, -0.1) is 17.5 Å². The summed E-state index contributed by atoms with van der Waals surface area (Å²) in [4.78, 5) is 25.6. The highest BCUT2D eigenvalue weighted by Gasteiger charge is 2.24. The number of unbranched alkanes of at least 4 members (excludes halogenated alkanes) is 1. The number of nitriles is 1. The van der Waals surface area contributed by atoms with Crippen LogP contribution < -0.4 is 10.6 Å². The quantitative estimate of drug-likeness (QED) is 0.427. The molecule has 1 saturated heterocycles. The zero-order chi connectivity index (χ0) is 24.1. The van der Waals surface area contributed by atoms with Crippen molar-refractivity contribution in [2.24, 2.45) is 5.92 Å². The average molecular weight is 516 g/mol. The van der Waals surface area contributed by atoms with E-state index in [1.807, 2.05) is 13.0 Å². The minimum absolute atomic E-state index is 0. The monoisotopic (exact) mass is 515 g/mol. The van der Waals surface area contributed by atoms with E-state index in [-0.39, 0.29) is 30.0 Å². The first-order valence-electron chi connectivity index (χ1n) is 11.4. The van der Waals surface area contributed by atoms with Crippen LogP contribution in [0.5, 0.6) is 0 Å². The van der Waals surface area contributed by atoms with Gasteiger partial charge in [0.15, 0.2) is 5.82 Å². The second kappa shape index (κ2) is 12.0. The normalized spacial score (nSPS) is 15.2. The van der Waals surface area contributed by atoms with Crippen LogP contribution in [0.3, 0.4) is 0 Å². The first-order chi connectivity index (χ1) is 16.5. The Morgan fingerprint density at radius 2 is 2.14 bits per heavy atom. The predicted molar refractivity (Wildman–Crippen MR) is 138 cm³/mol. The fourth-order valence-corrected chi connectivity index (χ4v) is 4.22. The van der Waals surface area contributed by atoms with Crippen molar-refractivity contribution in [2.45, 2.75) is 32.6 Å². The maximum atomic E-state index is 12.9. The van der Waals surface area contributed by atoms with E-state index < -0.39 is 6.09 Å². The summed E-state index contributed by atoms with van der Waals surface area (Å²) in [5.41, 5.74) is 2.40. The van der Waals surface area contributed by atoms with Gasteiger partial charge >= 0.3 is 6.09 Å². The molecule has 3 aromatic rings. The number of hydrogen-bond acceptors (Lipinski definition) is 6. The van der Waals surface area contributed by atoms with Crippen molar-refractivity contribution >= 4 is 52.7 Å². The highest BCUT2D eigenvalue weighted by molar-refractivity contribution is 6.33. The van der Waals surface area contributed by atoms with E-state index in [0.29, 0.717) is 40.2 Å². The van der Waals surface area contributed by atoms with Crippen molar-refractivity contribution in [2.75, 3.05) is 25.0 Å². The third-order valence-electron chi connectivity index (χ3n) is 5.89. The van der Waals surface area contributed by atoms with Crippen molar-refractivity contribution in [1.82, 2.24) is 15.1 Å². The van der Waals surface area contributed by atoms with Crippen molar-refractivity contribution in [3.63, 3.8) is 0 Å². The molecule has 0 bridgehead atoms. The minimum Gasteiger partial charge on any atom is -0.448 e. The minimum atomic E-state index is -0.601. The summed E-state index contributed by atoms with van der Waals surface area (Å²) < 4.78 is 6.53. The molecule has 0 unspecified atom stereocenters. The van der Waals surface area contributed by atoms with E-state index in [1.165, 1.54) is 4.68 Å². The molecule has 1 aliphatic heterocycles. The number of anilines is 1. The molecule has 2 heterocycles. The predicted octanol–water partition coefficient (Wildman–Crippen LogP) is 5.37. The standard InChI is InChI=1S/C25H26ClN5O3.ClH/c1-2-3-11-34-25(33)31-22-9-7-17(19-12-16(14-27)6-8-21(19)26)13-20(22)23(30-31)29-24(32)18-5-4-10-28-15-18;/h6-9,12-13,18,28H,2-5,10-11,15H2,1H3,(H,29,30,32);1H/t18-;/m1./s1. The molecule has 4 rings (SSSR count). The van der Waals surface area contributed by atoms with Gasteiger partial charge in [0.25, 0.3) is 0 Å². The van der Waals surface area contributed by atoms with Gasteiger partial charge in [0, 0.05) is 22.5 Å². The van der Waals surface area contributed by atoms with E-state index in [4.69, 9.17) is 16.3 Å². The van der Waals surface area contributed by atoms with Gasteiger partial charge in [0.2, 0.25) is 5.91 Å². The molecule has 1 atom stereocenters. The maximum absolute atomic E-state index is 12.9. The van der Waals surface area contributed by atoms with Crippen LogP contribution in [0.25, 0.3) is 22.0 Å². The number of ether oxygens (including phenoxy) is 1. The van der Waals surface area contributed by atoms with Gasteiger partial charge in [-0.1, -0.05) is 31.0 Å². The molecule has 2 aromatic carbocycles. The van der Waals surface area contributed by atoms with Gasteiger partial charge < -0.3 is 15.4 Å². The average Bonchev–Trinajstić information content (AvgIpc) is 3.22. The maximum Gasteiger partial charge on any atom is 0.435 e. The molecule has 0 radical (unpaired) electrons. The molecule has 184 valence electrons. The Hall–Kier alpha value is -3.12. The number of halogens is 2. The van der Waals surface area contributed by atoms with Gasteiger partial charge in [0.05, 0.1) is 29.7 Å². The molecular weight excluding hydrogens is 489 g/mol. The molecule has 2 N–H and O–H groups in total. The van der Waals surface area contributed by atoms with Crippen LogP contribution in [0.1, 0.15) is 38.2 Å². The number of nitrogens with zero attached hydrogens (tertiary/aromatic N) is 3. The summed E-state index contributed by atoms with van der Waals surface area (Å²) in [6, 6.07) is 12.5. The highest BCUT2D eigenvalue weighted by Crippen LogP contribution is 2.34. The summed E-state index contributed by atoms with van der Waals surface area (Å²) >= 11 is 6.41. The van der Waals surface area contributed by atoms with E-state index in [2.05, 4.69) is 21.8 Å². The fraction of sp³-hybridized carbons (Fsp3) is 0.360. The number of nitrogens with one attached hydrogen (secondary N) is 2.